The van der Waals surface area contributed by atoms with Crippen LogP contribution in [0.25, 0.3) is 21.8 Å². The molecule has 4 rings (SSSR count). The molecule has 0 aliphatic carbocycles. The molecule has 0 unspecified atom stereocenters. The molecule has 4 aromatic rings. The molecule has 2 amide bonds. The fraction of sp³-hybridized carbons (Fsp3) is 0.405. The second-order valence-electron chi connectivity index (χ2n) is 14.0. The number of benzene rings is 2. The molecule has 0 atom stereocenters. The molecular formula is C37H44N4O10S2. The van der Waals surface area contributed by atoms with E-state index in [-0.39, 0.29) is 22.6 Å². The van der Waals surface area contributed by atoms with E-state index in [0.29, 0.717) is 50.0 Å². The minimum absolute atomic E-state index is 0.0892. The van der Waals surface area contributed by atoms with Gasteiger partial charge in [0, 0.05) is 16.5 Å². The molecule has 2 heterocycles. The third-order valence-corrected chi connectivity index (χ3v) is 9.88. The van der Waals surface area contributed by atoms with Crippen molar-refractivity contribution in [3.63, 3.8) is 0 Å². The van der Waals surface area contributed by atoms with Gasteiger partial charge in [-0.3, -0.25) is 19.2 Å². The lowest BCUT2D eigenvalue weighted by atomic mass is 10.1. The predicted molar refractivity (Wildman–Crippen MR) is 203 cm³/mol. The van der Waals surface area contributed by atoms with Gasteiger partial charge < -0.3 is 39.5 Å². The minimum Gasteiger partial charge on any atom is -0.481 e. The van der Waals surface area contributed by atoms with Crippen LogP contribution in [0, 0.1) is 13.8 Å². The van der Waals surface area contributed by atoms with Crippen LogP contribution in [0.1, 0.15) is 73.6 Å². The Labute approximate surface area is 315 Å². The second kappa shape index (κ2) is 16.4. The summed E-state index contributed by atoms with van der Waals surface area (Å²) in [4.78, 5) is 75.0. The summed E-state index contributed by atoms with van der Waals surface area (Å²) < 4.78 is 26.0. The lowest BCUT2D eigenvalue weighted by Crippen LogP contribution is -2.27. The van der Waals surface area contributed by atoms with E-state index in [1.54, 1.807) is 91.8 Å². The highest BCUT2D eigenvalue weighted by Crippen LogP contribution is 2.37. The van der Waals surface area contributed by atoms with E-state index in [9.17, 15) is 28.8 Å². The fourth-order valence-electron chi connectivity index (χ4n) is 5.69. The van der Waals surface area contributed by atoms with Gasteiger partial charge in [0.1, 0.15) is 22.7 Å². The van der Waals surface area contributed by atoms with Crippen LogP contribution in [-0.2, 0) is 40.4 Å². The smallest absolute Gasteiger partial charge is 0.344 e. The lowest BCUT2D eigenvalue weighted by molar-refractivity contribution is -0.158. The molecule has 0 aliphatic heterocycles. The highest BCUT2D eigenvalue weighted by Gasteiger charge is 2.28. The van der Waals surface area contributed by atoms with E-state index in [1.165, 1.54) is 23.5 Å². The maximum Gasteiger partial charge on any atom is 0.344 e. The summed E-state index contributed by atoms with van der Waals surface area (Å²) in [6.45, 7) is 13.0. The fourth-order valence-corrected chi connectivity index (χ4v) is 7.79. The van der Waals surface area contributed by atoms with E-state index in [2.05, 4.69) is 0 Å². The molecule has 0 fully saturated rings. The van der Waals surface area contributed by atoms with Gasteiger partial charge in [-0.05, 0) is 79.7 Å². The van der Waals surface area contributed by atoms with Gasteiger partial charge in [-0.1, -0.05) is 12.1 Å². The number of carbonyl (C=O) groups excluding carboxylic acids is 6. The van der Waals surface area contributed by atoms with Crippen molar-refractivity contribution < 1.29 is 47.7 Å². The Balaban J connectivity index is 1.56. The molecule has 0 saturated heterocycles. The zero-order valence-corrected chi connectivity index (χ0v) is 32.6. The van der Waals surface area contributed by atoms with Gasteiger partial charge in [-0.25, -0.2) is 9.59 Å². The van der Waals surface area contributed by atoms with Crippen molar-refractivity contribution >= 4 is 80.6 Å². The first-order valence-corrected chi connectivity index (χ1v) is 18.8. The molecule has 0 aliphatic rings. The Kier molecular flexibility index (Phi) is 12.6. The number of esters is 2. The zero-order valence-electron chi connectivity index (χ0n) is 30.9. The average Bonchev–Trinajstić information content (AvgIpc) is 3.50. The van der Waals surface area contributed by atoms with E-state index < -0.39 is 59.7 Å². The van der Waals surface area contributed by atoms with Crippen LogP contribution in [-0.4, -0.2) is 74.0 Å². The molecule has 14 nitrogen and oxygen atoms in total. The summed E-state index contributed by atoms with van der Waals surface area (Å²) in [6.07, 6.45) is 0. The third-order valence-electron chi connectivity index (χ3n) is 7.66. The van der Waals surface area contributed by atoms with Crippen LogP contribution in [0.5, 0.6) is 11.5 Å². The molecular weight excluding hydrogens is 725 g/mol. The first-order valence-electron chi connectivity index (χ1n) is 16.5. The molecule has 4 N–H and O–H groups in total. The molecule has 0 spiro atoms. The Morgan fingerprint density at radius 1 is 0.623 bits per heavy atom. The highest BCUT2D eigenvalue weighted by molar-refractivity contribution is 8.15. The highest BCUT2D eigenvalue weighted by atomic mass is 32.2. The summed E-state index contributed by atoms with van der Waals surface area (Å²) in [5.41, 5.74) is 11.8. The maximum atomic E-state index is 13.1. The second-order valence-corrected chi connectivity index (χ2v) is 16.3. The summed E-state index contributed by atoms with van der Waals surface area (Å²) in [6, 6.07) is 10.2. The van der Waals surface area contributed by atoms with Crippen molar-refractivity contribution in [1.29, 1.82) is 0 Å². The van der Waals surface area contributed by atoms with E-state index in [1.807, 2.05) is 9.13 Å². The van der Waals surface area contributed by atoms with Crippen LogP contribution in [0.2, 0.25) is 0 Å². The Morgan fingerprint density at radius 3 is 1.30 bits per heavy atom. The SMILES string of the molecule is Cc1c(C(=O)C(N)=O)c2c(OCC(=O)OC(C)(C)C)cccc2n1CSCSCn1c(C)c(C(=O)C(N)=O)c2c(OCC(=O)OC(C)(C)C)cccc21. The molecule has 284 valence electrons. The molecule has 0 radical (unpaired) electrons. The summed E-state index contributed by atoms with van der Waals surface area (Å²) >= 11 is 3.04. The Hall–Kier alpha value is -4.96. The number of aromatic nitrogens is 2. The number of primary amides is 2. The van der Waals surface area contributed by atoms with Crippen LogP contribution in [0.4, 0.5) is 0 Å². The van der Waals surface area contributed by atoms with Gasteiger partial charge >= 0.3 is 11.9 Å². The van der Waals surface area contributed by atoms with Gasteiger partial charge in [0.2, 0.25) is 0 Å². The minimum atomic E-state index is -1.13. The largest absolute Gasteiger partial charge is 0.481 e. The predicted octanol–water partition coefficient (Wildman–Crippen LogP) is 5.03. The Bertz CT molecular complexity index is 1960. The first-order chi connectivity index (χ1) is 24.7. The van der Waals surface area contributed by atoms with Gasteiger partial charge in [-0.2, -0.15) is 0 Å². The summed E-state index contributed by atoms with van der Waals surface area (Å²) in [5.74, 6) is -4.01. The molecule has 0 bridgehead atoms. The topological polar surface area (TPSA) is 201 Å². The number of Topliss-reactive ketones (excluding diaryl/α,β-unsaturated/α-hetero) is 2. The average molecular weight is 769 g/mol. The number of nitrogens with zero attached hydrogens (tertiary/aromatic N) is 2. The maximum absolute atomic E-state index is 13.1. The lowest BCUT2D eigenvalue weighted by Gasteiger charge is -2.19. The number of amides is 2. The number of thioether (sulfide) groups is 2. The van der Waals surface area contributed by atoms with Crippen LogP contribution in [0.15, 0.2) is 36.4 Å². The number of nitrogens with two attached hydrogens (primary N) is 2. The van der Waals surface area contributed by atoms with Crippen LogP contribution in [0.3, 0.4) is 0 Å². The molecule has 16 heteroatoms. The van der Waals surface area contributed by atoms with E-state index in [0.717, 1.165) is 0 Å². The molecule has 2 aromatic carbocycles. The molecule has 53 heavy (non-hydrogen) atoms. The zero-order chi connectivity index (χ0) is 39.4. The van der Waals surface area contributed by atoms with Crippen molar-refractivity contribution in [2.45, 2.75) is 78.3 Å². The van der Waals surface area contributed by atoms with Crippen LogP contribution < -0.4 is 20.9 Å². The van der Waals surface area contributed by atoms with Gasteiger partial charge in [-0.15, -0.1) is 23.5 Å². The number of fused-ring (bicyclic) bond motifs is 2. The number of hydrogen-bond acceptors (Lipinski definition) is 12. The van der Waals surface area contributed by atoms with E-state index in [4.69, 9.17) is 30.4 Å². The van der Waals surface area contributed by atoms with Crippen molar-refractivity contribution in [2.24, 2.45) is 11.5 Å². The number of ketones is 2. The molecule has 2 aromatic heterocycles. The van der Waals surface area contributed by atoms with Gasteiger partial charge in [0.15, 0.2) is 13.2 Å². The normalized spacial score (nSPS) is 11.8. The van der Waals surface area contributed by atoms with Crippen LogP contribution >= 0.6 is 23.5 Å². The third kappa shape index (κ3) is 9.73. The number of hydrogen-bond donors (Lipinski definition) is 2. The number of rotatable bonds is 16. The van der Waals surface area contributed by atoms with Gasteiger partial charge in [0.05, 0.1) is 44.7 Å². The van der Waals surface area contributed by atoms with Crippen molar-refractivity contribution in [3.05, 3.63) is 58.9 Å². The monoisotopic (exact) mass is 768 g/mol. The number of carbonyl (C=O) groups is 6. The first kappa shape index (κ1) is 40.8. The van der Waals surface area contributed by atoms with Crippen molar-refractivity contribution in [1.82, 2.24) is 9.13 Å². The van der Waals surface area contributed by atoms with Crippen molar-refractivity contribution in [2.75, 3.05) is 18.3 Å². The van der Waals surface area contributed by atoms with Gasteiger partial charge in [0.25, 0.3) is 23.4 Å². The van der Waals surface area contributed by atoms with E-state index >= 15 is 0 Å². The van der Waals surface area contributed by atoms with Crippen molar-refractivity contribution in [3.8, 4) is 11.5 Å². The number of ether oxygens (including phenoxy) is 4. The molecule has 0 saturated carbocycles. The summed E-state index contributed by atoms with van der Waals surface area (Å²) in [7, 11) is 0. The summed E-state index contributed by atoms with van der Waals surface area (Å²) in [5, 5.41) is 1.26. The quantitative estimate of drug-likeness (QED) is 0.0507. The Morgan fingerprint density at radius 2 is 0.981 bits per heavy atom. The standard InChI is InChI=1S/C37H44N4O10S2/c1-20-28(32(44)34(38)46)30-22(11-9-13-24(30)48-15-26(42)50-36(3,4)5)40(20)17-52-19-53-18-41-21(2)29(33(45)35(39)47)31-23(41)12-10-14-25(31)49-16-27(43)51-37(6,7)8/h9-14H,15-19H2,1-8H3,(H2,38,46)(H2,39,47).